The molecule has 1 saturated carbocycles. The molecule has 27 heavy (non-hydrogen) atoms. The summed E-state index contributed by atoms with van der Waals surface area (Å²) in [7, 11) is 0. The lowest BCUT2D eigenvalue weighted by molar-refractivity contribution is -0.158. The highest BCUT2D eigenvalue weighted by molar-refractivity contribution is 6.15. The van der Waals surface area contributed by atoms with Crippen LogP contribution in [0.1, 0.15) is 64.9 Å². The highest BCUT2D eigenvalue weighted by Gasteiger charge is 2.36. The number of hydrogen-bond acceptors (Lipinski definition) is 4. The highest BCUT2D eigenvalue weighted by atomic mass is 35.5. The van der Waals surface area contributed by atoms with Gasteiger partial charge in [0.1, 0.15) is 6.10 Å². The van der Waals surface area contributed by atoms with Gasteiger partial charge in [0.05, 0.1) is 12.0 Å². The third-order valence-corrected chi connectivity index (χ3v) is 6.09. The van der Waals surface area contributed by atoms with Crippen LogP contribution >= 0.6 is 11.8 Å². The maximum absolute atomic E-state index is 13.1. The van der Waals surface area contributed by atoms with E-state index in [2.05, 4.69) is 25.6 Å². The van der Waals surface area contributed by atoms with E-state index in [1.54, 1.807) is 6.92 Å². The fourth-order valence-electron chi connectivity index (χ4n) is 3.94. The summed E-state index contributed by atoms with van der Waals surface area (Å²) in [5.41, 5.74) is 0.808. The van der Waals surface area contributed by atoms with Gasteiger partial charge < -0.3 is 4.74 Å². The SMILES string of the molecule is CC(C)[C@@H]1CC[C@@H](C)C[C@H]1OC(=O)[C@@H](CC(=O)[C@@H](C)NCl)c1ccccc1. The Hall–Kier alpha value is -1.39. The summed E-state index contributed by atoms with van der Waals surface area (Å²) in [6.45, 7) is 8.28. The van der Waals surface area contributed by atoms with E-state index in [0.717, 1.165) is 18.4 Å². The van der Waals surface area contributed by atoms with Gasteiger partial charge in [0, 0.05) is 6.42 Å². The Bertz CT molecular complexity index is 619. The number of benzene rings is 1. The molecule has 4 nitrogen and oxygen atoms in total. The molecule has 0 bridgehead atoms. The zero-order chi connectivity index (χ0) is 20.0. The van der Waals surface area contributed by atoms with Gasteiger partial charge in [-0.2, -0.15) is 0 Å². The van der Waals surface area contributed by atoms with Crippen LogP contribution in [0.25, 0.3) is 0 Å². The first kappa shape index (κ1) is 21.9. The smallest absolute Gasteiger partial charge is 0.314 e. The minimum absolute atomic E-state index is 0.0776. The zero-order valence-corrected chi connectivity index (χ0v) is 17.5. The Labute approximate surface area is 168 Å². The van der Waals surface area contributed by atoms with Crippen molar-refractivity contribution in [2.24, 2.45) is 17.8 Å². The summed E-state index contributed by atoms with van der Waals surface area (Å²) >= 11 is 5.59. The van der Waals surface area contributed by atoms with Crippen LogP contribution in [0, 0.1) is 17.8 Å². The average Bonchev–Trinajstić information content (AvgIpc) is 2.65. The highest BCUT2D eigenvalue weighted by Crippen LogP contribution is 2.36. The molecule has 1 fully saturated rings. The summed E-state index contributed by atoms with van der Waals surface area (Å²) < 4.78 is 6.02. The monoisotopic (exact) mass is 393 g/mol. The number of nitrogens with one attached hydrogen (secondary N) is 1. The molecule has 150 valence electrons. The van der Waals surface area contributed by atoms with E-state index < -0.39 is 12.0 Å². The molecule has 0 spiro atoms. The van der Waals surface area contributed by atoms with Crippen molar-refractivity contribution in [2.45, 2.75) is 71.4 Å². The molecule has 0 radical (unpaired) electrons. The molecule has 0 saturated heterocycles. The molecule has 1 aliphatic carbocycles. The van der Waals surface area contributed by atoms with Gasteiger partial charge in [0.25, 0.3) is 0 Å². The number of ether oxygens (including phenoxy) is 1. The van der Waals surface area contributed by atoms with Crippen molar-refractivity contribution < 1.29 is 14.3 Å². The van der Waals surface area contributed by atoms with E-state index in [0.29, 0.717) is 17.8 Å². The van der Waals surface area contributed by atoms with Crippen molar-refractivity contribution in [3.63, 3.8) is 0 Å². The quantitative estimate of drug-likeness (QED) is 0.506. The maximum Gasteiger partial charge on any atom is 0.314 e. The molecule has 0 amide bonds. The van der Waals surface area contributed by atoms with Crippen molar-refractivity contribution in [1.82, 2.24) is 4.84 Å². The largest absolute Gasteiger partial charge is 0.462 e. The minimum Gasteiger partial charge on any atom is -0.462 e. The number of esters is 1. The zero-order valence-electron chi connectivity index (χ0n) is 16.8. The van der Waals surface area contributed by atoms with E-state index in [1.165, 1.54) is 6.42 Å². The van der Waals surface area contributed by atoms with E-state index in [9.17, 15) is 9.59 Å². The molecular weight excluding hydrogens is 362 g/mol. The number of hydrogen-bond donors (Lipinski definition) is 1. The predicted octanol–water partition coefficient (Wildman–Crippen LogP) is 4.87. The lowest BCUT2D eigenvalue weighted by Crippen LogP contribution is -2.38. The van der Waals surface area contributed by atoms with Crippen LogP contribution < -0.4 is 4.84 Å². The van der Waals surface area contributed by atoms with Gasteiger partial charge in [-0.3, -0.25) is 9.59 Å². The van der Waals surface area contributed by atoms with Crippen LogP contribution in [-0.4, -0.2) is 23.9 Å². The van der Waals surface area contributed by atoms with Gasteiger partial charge in [-0.15, -0.1) is 0 Å². The first-order valence-electron chi connectivity index (χ1n) is 9.97. The molecule has 1 N–H and O–H groups in total. The fraction of sp³-hybridized carbons (Fsp3) is 0.636. The Morgan fingerprint density at radius 2 is 1.85 bits per heavy atom. The van der Waals surface area contributed by atoms with Crippen LogP contribution in [0.5, 0.6) is 0 Å². The third-order valence-electron chi connectivity index (χ3n) is 5.77. The molecule has 1 aromatic rings. The second-order valence-corrected chi connectivity index (χ2v) is 8.48. The molecular formula is C22H32ClNO3. The number of Topliss-reactive ketones (excluding diaryl/α,β-unsaturated/α-hetero) is 1. The van der Waals surface area contributed by atoms with Crippen molar-refractivity contribution in [3.8, 4) is 0 Å². The Morgan fingerprint density at radius 3 is 2.44 bits per heavy atom. The molecule has 5 heteroatoms. The molecule has 0 aromatic heterocycles. The van der Waals surface area contributed by atoms with Crippen molar-refractivity contribution in [3.05, 3.63) is 35.9 Å². The molecule has 1 aliphatic rings. The average molecular weight is 394 g/mol. The third kappa shape index (κ3) is 6.05. The van der Waals surface area contributed by atoms with Gasteiger partial charge in [0.2, 0.25) is 0 Å². The number of halogens is 1. The van der Waals surface area contributed by atoms with E-state index in [1.807, 2.05) is 30.3 Å². The van der Waals surface area contributed by atoms with Crippen LogP contribution in [0.4, 0.5) is 0 Å². The van der Waals surface area contributed by atoms with Crippen LogP contribution in [0.2, 0.25) is 0 Å². The summed E-state index contributed by atoms with van der Waals surface area (Å²) in [6, 6.07) is 8.90. The summed E-state index contributed by atoms with van der Waals surface area (Å²) in [5, 5.41) is 0. The lowest BCUT2D eigenvalue weighted by atomic mass is 9.75. The number of carbonyl (C=O) groups is 2. The standard InChI is InChI=1S/C22H32ClNO3/c1-14(2)18-11-10-15(3)12-21(18)27-22(26)19(13-20(25)16(4)24-23)17-8-6-5-7-9-17/h5-9,14-16,18-19,21,24H,10-13H2,1-4H3/t15-,16-,18+,19+,21-/m1/s1. The number of carbonyl (C=O) groups excluding carboxylic acids is 2. The molecule has 1 aromatic carbocycles. The first-order chi connectivity index (χ1) is 12.8. The second-order valence-electron chi connectivity index (χ2n) is 8.27. The van der Waals surface area contributed by atoms with E-state index in [-0.39, 0.29) is 24.3 Å². The lowest BCUT2D eigenvalue weighted by Gasteiger charge is -2.37. The normalized spacial score (nSPS) is 25.0. The number of rotatable bonds is 8. The Morgan fingerprint density at radius 1 is 1.19 bits per heavy atom. The van der Waals surface area contributed by atoms with Gasteiger partial charge in [-0.1, -0.05) is 57.5 Å². The maximum atomic E-state index is 13.1. The molecule has 2 rings (SSSR count). The second kappa shape index (κ2) is 10.2. The van der Waals surface area contributed by atoms with Crippen LogP contribution in [0.3, 0.4) is 0 Å². The predicted molar refractivity (Wildman–Crippen MR) is 108 cm³/mol. The summed E-state index contributed by atoms with van der Waals surface area (Å²) in [4.78, 5) is 28.0. The van der Waals surface area contributed by atoms with Crippen molar-refractivity contribution in [2.75, 3.05) is 0 Å². The molecule has 0 heterocycles. The minimum atomic E-state index is -0.601. The van der Waals surface area contributed by atoms with E-state index in [4.69, 9.17) is 16.5 Å². The fourth-order valence-corrected chi connectivity index (χ4v) is 4.06. The Balaban J connectivity index is 2.18. The summed E-state index contributed by atoms with van der Waals surface area (Å²) in [5.74, 6) is 0.383. The van der Waals surface area contributed by atoms with Crippen LogP contribution in [0.15, 0.2) is 30.3 Å². The van der Waals surface area contributed by atoms with Gasteiger partial charge in [0.15, 0.2) is 5.78 Å². The Kier molecular flexibility index (Phi) is 8.30. The van der Waals surface area contributed by atoms with Gasteiger partial charge in [-0.25, -0.2) is 4.84 Å². The van der Waals surface area contributed by atoms with Gasteiger partial charge in [-0.05, 0) is 54.9 Å². The van der Waals surface area contributed by atoms with Gasteiger partial charge >= 0.3 is 5.97 Å². The van der Waals surface area contributed by atoms with Crippen molar-refractivity contribution in [1.29, 1.82) is 0 Å². The molecule has 0 aliphatic heterocycles. The van der Waals surface area contributed by atoms with Crippen LogP contribution in [-0.2, 0) is 14.3 Å². The molecule has 5 atom stereocenters. The van der Waals surface area contributed by atoms with Crippen molar-refractivity contribution >= 4 is 23.5 Å². The summed E-state index contributed by atoms with van der Waals surface area (Å²) in [6.07, 6.45) is 3.16. The topological polar surface area (TPSA) is 55.4 Å². The van der Waals surface area contributed by atoms with E-state index >= 15 is 0 Å². The number of ketones is 1. The first-order valence-corrected chi connectivity index (χ1v) is 10.4. The molecule has 0 unspecified atom stereocenters.